The highest BCUT2D eigenvalue weighted by atomic mass is 35.5. The van der Waals surface area contributed by atoms with Gasteiger partial charge in [0.15, 0.2) is 5.58 Å². The summed E-state index contributed by atoms with van der Waals surface area (Å²) in [5.41, 5.74) is -1.75. The molecule has 1 heterocycles. The molecule has 0 fully saturated rings. The van der Waals surface area contributed by atoms with E-state index in [1.165, 1.54) is 19.2 Å². The number of ether oxygens (including phenoxy) is 1. The van der Waals surface area contributed by atoms with E-state index in [1.54, 1.807) is 6.07 Å². The van der Waals surface area contributed by atoms with Crippen LogP contribution in [0, 0.1) is 10.1 Å². The minimum atomic E-state index is -1.09. The highest BCUT2D eigenvalue weighted by Gasteiger charge is 2.26. The van der Waals surface area contributed by atoms with Gasteiger partial charge in [0.05, 0.1) is 22.4 Å². The Hall–Kier alpha value is -2.08. The Morgan fingerprint density at radius 2 is 2.18 bits per heavy atom. The quantitative estimate of drug-likeness (QED) is 0.467. The number of nitro groups is 1. The maximum atomic E-state index is 11.5. The zero-order valence-electron chi connectivity index (χ0n) is 8.60. The summed E-state index contributed by atoms with van der Waals surface area (Å²) in [6.07, 6.45) is 0. The standard InChI is InChI=1S/C10H6ClNO5/c1-16-9-5-3-2-4-6(11)8(5)17-10(13)7(9)12(14)15/h2-4H,1H3. The van der Waals surface area contributed by atoms with Crippen LogP contribution >= 0.6 is 11.6 Å². The second-order valence-corrected chi connectivity index (χ2v) is 3.55. The van der Waals surface area contributed by atoms with E-state index in [0.717, 1.165) is 0 Å². The molecule has 0 unspecified atom stereocenters. The van der Waals surface area contributed by atoms with Gasteiger partial charge in [0.2, 0.25) is 5.75 Å². The van der Waals surface area contributed by atoms with E-state index in [0.29, 0.717) is 0 Å². The lowest BCUT2D eigenvalue weighted by atomic mass is 10.2. The molecule has 0 radical (unpaired) electrons. The lowest BCUT2D eigenvalue weighted by Crippen LogP contribution is -2.09. The van der Waals surface area contributed by atoms with Crippen molar-refractivity contribution in [3.63, 3.8) is 0 Å². The summed E-state index contributed by atoms with van der Waals surface area (Å²) < 4.78 is 9.71. The first-order chi connectivity index (χ1) is 8.06. The highest BCUT2D eigenvalue weighted by Crippen LogP contribution is 2.34. The average molecular weight is 256 g/mol. The molecule has 0 aliphatic rings. The Balaban J connectivity index is 3.01. The van der Waals surface area contributed by atoms with Crippen molar-refractivity contribution in [1.29, 1.82) is 0 Å². The van der Waals surface area contributed by atoms with Gasteiger partial charge in [0.1, 0.15) is 0 Å². The molecule has 2 rings (SSSR count). The number of halogens is 1. The fourth-order valence-corrected chi connectivity index (χ4v) is 1.73. The molecule has 0 aliphatic carbocycles. The van der Waals surface area contributed by atoms with Crippen molar-refractivity contribution in [2.45, 2.75) is 0 Å². The van der Waals surface area contributed by atoms with Crippen LogP contribution in [-0.4, -0.2) is 12.0 Å². The summed E-state index contributed by atoms with van der Waals surface area (Å²) in [4.78, 5) is 21.4. The van der Waals surface area contributed by atoms with Crippen LogP contribution < -0.4 is 10.4 Å². The van der Waals surface area contributed by atoms with Crippen molar-refractivity contribution in [3.05, 3.63) is 43.8 Å². The van der Waals surface area contributed by atoms with Gasteiger partial charge in [-0.25, -0.2) is 4.79 Å². The predicted octanol–water partition coefficient (Wildman–Crippen LogP) is 2.36. The highest BCUT2D eigenvalue weighted by molar-refractivity contribution is 6.35. The number of hydrogen-bond acceptors (Lipinski definition) is 5. The number of nitrogens with zero attached hydrogens (tertiary/aromatic N) is 1. The first kappa shape index (κ1) is 11.4. The molecule has 0 amide bonds. The van der Waals surface area contributed by atoms with Crippen LogP contribution in [0.3, 0.4) is 0 Å². The molecule has 0 aliphatic heterocycles. The van der Waals surface area contributed by atoms with Gasteiger partial charge in [-0.1, -0.05) is 17.7 Å². The minimum Gasteiger partial charge on any atom is -0.489 e. The lowest BCUT2D eigenvalue weighted by Gasteiger charge is -2.05. The topological polar surface area (TPSA) is 82.6 Å². The van der Waals surface area contributed by atoms with Crippen LogP contribution in [0.25, 0.3) is 11.0 Å². The van der Waals surface area contributed by atoms with Gasteiger partial charge in [0, 0.05) is 0 Å². The molecule has 0 N–H and O–H groups in total. The molecular formula is C10H6ClNO5. The maximum absolute atomic E-state index is 11.5. The van der Waals surface area contributed by atoms with E-state index in [9.17, 15) is 14.9 Å². The van der Waals surface area contributed by atoms with Gasteiger partial charge in [-0.3, -0.25) is 10.1 Å². The van der Waals surface area contributed by atoms with Crippen molar-refractivity contribution in [3.8, 4) is 5.75 Å². The van der Waals surface area contributed by atoms with E-state index in [2.05, 4.69) is 0 Å². The van der Waals surface area contributed by atoms with Crippen molar-refractivity contribution < 1.29 is 14.1 Å². The zero-order valence-corrected chi connectivity index (χ0v) is 9.35. The number of rotatable bonds is 2. The van der Waals surface area contributed by atoms with Crippen LogP contribution in [0.4, 0.5) is 5.69 Å². The van der Waals surface area contributed by atoms with Crippen LogP contribution in [0.5, 0.6) is 5.75 Å². The number of fused-ring (bicyclic) bond motifs is 1. The number of benzene rings is 1. The van der Waals surface area contributed by atoms with Gasteiger partial charge in [-0.05, 0) is 12.1 Å². The van der Waals surface area contributed by atoms with E-state index >= 15 is 0 Å². The second kappa shape index (κ2) is 4.06. The van der Waals surface area contributed by atoms with Gasteiger partial charge in [-0.2, -0.15) is 0 Å². The van der Waals surface area contributed by atoms with Crippen molar-refractivity contribution in [2.75, 3.05) is 7.11 Å². The summed E-state index contributed by atoms with van der Waals surface area (Å²) in [5, 5.41) is 11.2. The Bertz CT molecular complexity index is 664. The van der Waals surface area contributed by atoms with Gasteiger partial charge >= 0.3 is 11.3 Å². The lowest BCUT2D eigenvalue weighted by molar-refractivity contribution is -0.388. The monoisotopic (exact) mass is 255 g/mol. The molecule has 88 valence electrons. The zero-order chi connectivity index (χ0) is 12.6. The second-order valence-electron chi connectivity index (χ2n) is 3.15. The van der Waals surface area contributed by atoms with Crippen molar-refractivity contribution in [2.24, 2.45) is 0 Å². The molecule has 0 bridgehead atoms. The molecule has 0 saturated heterocycles. The molecule has 0 spiro atoms. The van der Waals surface area contributed by atoms with E-state index < -0.39 is 16.2 Å². The van der Waals surface area contributed by atoms with Crippen molar-refractivity contribution >= 4 is 28.3 Å². The molecule has 2 aromatic rings. The Morgan fingerprint density at radius 1 is 1.47 bits per heavy atom. The van der Waals surface area contributed by atoms with Crippen LogP contribution in [0.2, 0.25) is 5.02 Å². The Kier molecular flexibility index (Phi) is 2.72. The first-order valence-electron chi connectivity index (χ1n) is 4.50. The molecule has 1 aromatic carbocycles. The third kappa shape index (κ3) is 1.72. The normalized spacial score (nSPS) is 10.5. The summed E-state index contributed by atoms with van der Waals surface area (Å²) in [5.74, 6) is -0.149. The number of para-hydroxylation sites is 1. The average Bonchev–Trinajstić information content (AvgIpc) is 2.28. The molecule has 7 heteroatoms. The Labute approximate surface area is 99.5 Å². The van der Waals surface area contributed by atoms with E-state index in [1.807, 2.05) is 0 Å². The molecule has 17 heavy (non-hydrogen) atoms. The number of hydrogen-bond donors (Lipinski definition) is 0. The fraction of sp³-hybridized carbons (Fsp3) is 0.100. The van der Waals surface area contributed by atoms with E-state index in [-0.39, 0.29) is 21.7 Å². The minimum absolute atomic E-state index is 0.0709. The SMILES string of the molecule is COc1c([N+](=O)[O-])c(=O)oc2c(Cl)cccc12. The largest absolute Gasteiger partial charge is 0.489 e. The van der Waals surface area contributed by atoms with Gasteiger partial charge in [0.25, 0.3) is 0 Å². The third-order valence-electron chi connectivity index (χ3n) is 2.20. The van der Waals surface area contributed by atoms with Crippen LogP contribution in [0.15, 0.2) is 27.4 Å². The molecular weight excluding hydrogens is 250 g/mol. The van der Waals surface area contributed by atoms with Gasteiger partial charge < -0.3 is 9.15 Å². The summed E-state index contributed by atoms with van der Waals surface area (Å²) >= 11 is 5.83. The molecule has 0 atom stereocenters. The van der Waals surface area contributed by atoms with Crippen LogP contribution in [0.1, 0.15) is 0 Å². The first-order valence-corrected chi connectivity index (χ1v) is 4.87. The van der Waals surface area contributed by atoms with E-state index in [4.69, 9.17) is 20.8 Å². The Morgan fingerprint density at radius 3 is 2.76 bits per heavy atom. The molecule has 0 saturated carbocycles. The third-order valence-corrected chi connectivity index (χ3v) is 2.50. The summed E-state index contributed by atoms with van der Waals surface area (Å²) in [6.45, 7) is 0. The summed E-state index contributed by atoms with van der Waals surface area (Å²) in [7, 11) is 1.24. The number of methoxy groups -OCH3 is 1. The molecule has 6 nitrogen and oxygen atoms in total. The predicted molar refractivity (Wildman–Crippen MR) is 60.7 cm³/mol. The van der Waals surface area contributed by atoms with Gasteiger partial charge in [-0.15, -0.1) is 0 Å². The van der Waals surface area contributed by atoms with Crippen LogP contribution in [-0.2, 0) is 0 Å². The fourth-order valence-electron chi connectivity index (χ4n) is 1.52. The van der Waals surface area contributed by atoms with Crippen molar-refractivity contribution in [1.82, 2.24) is 0 Å². The summed E-state index contributed by atoms with van der Waals surface area (Å²) in [6, 6.07) is 4.62. The molecule has 1 aromatic heterocycles. The maximum Gasteiger partial charge on any atom is 0.419 e. The smallest absolute Gasteiger partial charge is 0.419 e.